The van der Waals surface area contributed by atoms with Crippen molar-refractivity contribution in [3.63, 3.8) is 0 Å². The summed E-state index contributed by atoms with van der Waals surface area (Å²) in [7, 11) is 0. The van der Waals surface area contributed by atoms with E-state index in [1.54, 1.807) is 24.3 Å². The molecule has 4 nitrogen and oxygen atoms in total. The minimum Gasteiger partial charge on any atom is -0.451 e. The molecular formula is C22H20BrFN2O2. The van der Waals surface area contributed by atoms with Crippen LogP contribution >= 0.6 is 15.9 Å². The molecule has 4 rings (SSSR count). The van der Waals surface area contributed by atoms with E-state index in [9.17, 15) is 9.18 Å². The van der Waals surface area contributed by atoms with Crippen molar-refractivity contribution in [3.05, 3.63) is 70.6 Å². The summed E-state index contributed by atoms with van der Waals surface area (Å²) in [5.74, 6) is 0.0471. The van der Waals surface area contributed by atoms with E-state index in [2.05, 4.69) is 26.1 Å². The summed E-state index contributed by atoms with van der Waals surface area (Å²) < 4.78 is 21.2. The highest BCUT2D eigenvalue weighted by Crippen LogP contribution is 2.27. The van der Waals surface area contributed by atoms with Gasteiger partial charge < -0.3 is 14.6 Å². The predicted molar refractivity (Wildman–Crippen MR) is 112 cm³/mol. The zero-order valence-corrected chi connectivity index (χ0v) is 16.8. The number of halogens is 2. The average molecular weight is 443 g/mol. The molecule has 2 heterocycles. The first kappa shape index (κ1) is 18.7. The Morgan fingerprint density at radius 1 is 1.00 bits per heavy atom. The van der Waals surface area contributed by atoms with Crippen molar-refractivity contribution in [3.8, 4) is 11.3 Å². The fraction of sp³-hybridized carbons (Fsp3) is 0.227. The summed E-state index contributed by atoms with van der Waals surface area (Å²) in [5.41, 5.74) is 1.87. The summed E-state index contributed by atoms with van der Waals surface area (Å²) in [6.45, 7) is 1.74. The second-order valence-electron chi connectivity index (χ2n) is 6.84. The van der Waals surface area contributed by atoms with Crippen LogP contribution in [0.25, 0.3) is 11.3 Å². The molecule has 1 fully saturated rings. The molecule has 0 atom stereocenters. The zero-order valence-electron chi connectivity index (χ0n) is 15.3. The van der Waals surface area contributed by atoms with Crippen LogP contribution in [0.4, 0.5) is 15.8 Å². The summed E-state index contributed by atoms with van der Waals surface area (Å²) in [6.07, 6.45) is 3.35. The van der Waals surface area contributed by atoms with Crippen molar-refractivity contribution >= 4 is 33.2 Å². The monoisotopic (exact) mass is 442 g/mol. The van der Waals surface area contributed by atoms with Crippen LogP contribution < -0.4 is 10.2 Å². The lowest BCUT2D eigenvalue weighted by Gasteiger charge is -2.29. The van der Waals surface area contributed by atoms with Crippen molar-refractivity contribution in [2.45, 2.75) is 19.3 Å². The van der Waals surface area contributed by atoms with E-state index < -0.39 is 5.91 Å². The summed E-state index contributed by atoms with van der Waals surface area (Å²) in [5, 5.41) is 2.70. The summed E-state index contributed by atoms with van der Waals surface area (Å²) in [4.78, 5) is 14.5. The van der Waals surface area contributed by atoms with Crippen LogP contribution in [0, 0.1) is 5.82 Å². The molecule has 3 aromatic rings. The average Bonchev–Trinajstić information content (AvgIpc) is 3.20. The van der Waals surface area contributed by atoms with Gasteiger partial charge in [0, 0.05) is 28.8 Å². The van der Waals surface area contributed by atoms with Crippen LogP contribution in [-0.4, -0.2) is 19.0 Å². The van der Waals surface area contributed by atoms with Crippen molar-refractivity contribution in [2.24, 2.45) is 0 Å². The molecule has 0 bridgehead atoms. The number of nitrogens with zero attached hydrogens (tertiary/aromatic N) is 1. The number of hydrogen-bond acceptors (Lipinski definition) is 3. The fourth-order valence-electron chi connectivity index (χ4n) is 3.40. The lowest BCUT2D eigenvalue weighted by atomic mass is 10.1. The molecule has 1 N–H and O–H groups in total. The van der Waals surface area contributed by atoms with Gasteiger partial charge in [0.1, 0.15) is 11.6 Å². The lowest BCUT2D eigenvalue weighted by Crippen LogP contribution is -2.30. The maximum atomic E-state index is 14.5. The van der Waals surface area contributed by atoms with Gasteiger partial charge in [-0.3, -0.25) is 4.79 Å². The number of anilines is 2. The molecule has 2 aromatic carbocycles. The Morgan fingerprint density at radius 2 is 1.75 bits per heavy atom. The minimum absolute atomic E-state index is 0.179. The Balaban J connectivity index is 1.46. The number of piperidine rings is 1. The summed E-state index contributed by atoms with van der Waals surface area (Å²) >= 11 is 3.39. The standard InChI is InChI=1S/C22H20BrFN2O2/c23-16-6-4-15(5-7-16)20-10-11-21(28-20)22(27)25-17-8-9-19(18(24)14-17)26-12-2-1-3-13-26/h4-11,14H,1-3,12-13H2,(H,25,27). The Labute approximate surface area is 171 Å². The van der Waals surface area contributed by atoms with Crippen LogP contribution in [0.2, 0.25) is 0 Å². The van der Waals surface area contributed by atoms with Gasteiger partial charge in [0.25, 0.3) is 5.91 Å². The SMILES string of the molecule is O=C(Nc1ccc(N2CCCCC2)c(F)c1)c1ccc(-c2ccc(Br)cc2)o1. The van der Waals surface area contributed by atoms with Crippen molar-refractivity contribution in [1.29, 1.82) is 0 Å². The molecule has 1 aliphatic heterocycles. The number of carbonyl (C=O) groups excluding carboxylic acids is 1. The molecule has 28 heavy (non-hydrogen) atoms. The normalized spacial score (nSPS) is 14.1. The Kier molecular flexibility index (Phi) is 5.48. The van der Waals surface area contributed by atoms with Crippen LogP contribution in [0.15, 0.2) is 63.5 Å². The smallest absolute Gasteiger partial charge is 0.291 e. The highest BCUT2D eigenvalue weighted by atomic mass is 79.9. The molecular weight excluding hydrogens is 423 g/mol. The van der Waals surface area contributed by atoms with Crippen LogP contribution in [-0.2, 0) is 0 Å². The number of benzene rings is 2. The van der Waals surface area contributed by atoms with E-state index in [0.29, 0.717) is 17.1 Å². The number of nitrogens with one attached hydrogen (secondary N) is 1. The van der Waals surface area contributed by atoms with E-state index in [1.165, 1.54) is 12.5 Å². The quantitative estimate of drug-likeness (QED) is 0.531. The second kappa shape index (κ2) is 8.19. The fourth-order valence-corrected chi connectivity index (χ4v) is 3.66. The highest BCUT2D eigenvalue weighted by molar-refractivity contribution is 9.10. The van der Waals surface area contributed by atoms with Gasteiger partial charge in [-0.15, -0.1) is 0 Å². The van der Waals surface area contributed by atoms with Crippen LogP contribution in [0.1, 0.15) is 29.8 Å². The van der Waals surface area contributed by atoms with Crippen molar-refractivity contribution in [2.75, 3.05) is 23.3 Å². The molecule has 144 valence electrons. The third kappa shape index (κ3) is 4.12. The molecule has 1 aliphatic rings. The van der Waals surface area contributed by atoms with Gasteiger partial charge in [-0.1, -0.05) is 28.1 Å². The van der Waals surface area contributed by atoms with E-state index in [0.717, 1.165) is 36.0 Å². The number of carbonyl (C=O) groups is 1. The van der Waals surface area contributed by atoms with Crippen LogP contribution in [0.3, 0.4) is 0 Å². The Hall–Kier alpha value is -2.60. The number of amides is 1. The molecule has 0 spiro atoms. The Morgan fingerprint density at radius 3 is 2.46 bits per heavy atom. The third-order valence-electron chi connectivity index (χ3n) is 4.86. The largest absolute Gasteiger partial charge is 0.451 e. The maximum Gasteiger partial charge on any atom is 0.291 e. The molecule has 6 heteroatoms. The van der Waals surface area contributed by atoms with Gasteiger partial charge in [0.2, 0.25) is 0 Å². The van der Waals surface area contributed by atoms with Gasteiger partial charge in [-0.05, 0) is 61.7 Å². The van der Waals surface area contributed by atoms with Gasteiger partial charge in [0.15, 0.2) is 5.76 Å². The Bertz CT molecular complexity index is 978. The van der Waals surface area contributed by atoms with E-state index in [1.807, 2.05) is 24.3 Å². The van der Waals surface area contributed by atoms with Gasteiger partial charge in [-0.2, -0.15) is 0 Å². The van der Waals surface area contributed by atoms with E-state index >= 15 is 0 Å². The zero-order chi connectivity index (χ0) is 19.5. The first-order valence-corrected chi connectivity index (χ1v) is 10.1. The van der Waals surface area contributed by atoms with Crippen molar-refractivity contribution < 1.29 is 13.6 Å². The molecule has 0 unspecified atom stereocenters. The third-order valence-corrected chi connectivity index (χ3v) is 5.39. The minimum atomic E-state index is -0.409. The van der Waals surface area contributed by atoms with Crippen molar-refractivity contribution in [1.82, 2.24) is 0 Å². The number of furan rings is 1. The van der Waals surface area contributed by atoms with Gasteiger partial charge in [-0.25, -0.2) is 4.39 Å². The molecule has 0 aliphatic carbocycles. The van der Waals surface area contributed by atoms with E-state index in [4.69, 9.17) is 4.42 Å². The first-order valence-electron chi connectivity index (χ1n) is 9.32. The molecule has 1 amide bonds. The highest BCUT2D eigenvalue weighted by Gasteiger charge is 2.17. The van der Waals surface area contributed by atoms with E-state index in [-0.39, 0.29) is 11.6 Å². The predicted octanol–water partition coefficient (Wildman–Crippen LogP) is 6.09. The number of hydrogen-bond donors (Lipinski definition) is 1. The first-order chi connectivity index (χ1) is 13.6. The molecule has 0 saturated carbocycles. The van der Waals surface area contributed by atoms with Gasteiger partial charge in [0.05, 0.1) is 5.69 Å². The molecule has 1 saturated heterocycles. The second-order valence-corrected chi connectivity index (χ2v) is 7.75. The topological polar surface area (TPSA) is 45.5 Å². The summed E-state index contributed by atoms with van der Waals surface area (Å²) in [6, 6.07) is 15.8. The molecule has 0 radical (unpaired) electrons. The molecule has 1 aromatic heterocycles. The van der Waals surface area contributed by atoms with Crippen LogP contribution in [0.5, 0.6) is 0 Å². The lowest BCUT2D eigenvalue weighted by molar-refractivity contribution is 0.0997. The van der Waals surface area contributed by atoms with Gasteiger partial charge >= 0.3 is 0 Å². The number of rotatable bonds is 4. The maximum absolute atomic E-state index is 14.5.